The lowest BCUT2D eigenvalue weighted by Gasteiger charge is -2.19. The van der Waals surface area contributed by atoms with Gasteiger partial charge in [-0.05, 0) is 72.8 Å². The van der Waals surface area contributed by atoms with Gasteiger partial charge in [0, 0.05) is 43.0 Å². The second-order valence-corrected chi connectivity index (χ2v) is 11.2. The predicted octanol–water partition coefficient (Wildman–Crippen LogP) is 5.76. The number of nitrogens with zero attached hydrogens (tertiary/aromatic N) is 5. The number of aromatic nitrogens is 4. The monoisotopic (exact) mass is 646 g/mol. The Balaban J connectivity index is 0.000000591. The molecular weight excluding hydrogens is 620 g/mol. The van der Waals surface area contributed by atoms with Crippen LogP contribution in [0.5, 0.6) is 0 Å². The van der Waals surface area contributed by atoms with E-state index in [0.29, 0.717) is 29.1 Å². The lowest BCUT2D eigenvalue weighted by Crippen LogP contribution is -2.21. The molecule has 45 heavy (non-hydrogen) atoms. The molecule has 0 fully saturated rings. The normalized spacial score (nSPS) is 11.4. The Morgan fingerprint density at radius 2 is 1.49 bits per heavy atom. The highest BCUT2D eigenvalue weighted by Gasteiger charge is 2.38. The van der Waals surface area contributed by atoms with Gasteiger partial charge in [0.25, 0.3) is 0 Å². The number of hydrogen-bond acceptors (Lipinski definition) is 9. The number of halogens is 4. The number of carboxylic acid groups (broad SMARTS) is 1. The van der Waals surface area contributed by atoms with Gasteiger partial charge < -0.3 is 25.2 Å². The largest absolute Gasteiger partial charge is 0.490 e. The number of aliphatic carboxylic acids is 1. The summed E-state index contributed by atoms with van der Waals surface area (Å²) in [5, 5.41) is 13.5. The van der Waals surface area contributed by atoms with Crippen LogP contribution in [0.2, 0.25) is 0 Å². The number of imidazole rings is 1. The van der Waals surface area contributed by atoms with Gasteiger partial charge in [-0.15, -0.1) is 0 Å². The van der Waals surface area contributed by atoms with E-state index in [1.54, 1.807) is 48.7 Å². The summed E-state index contributed by atoms with van der Waals surface area (Å²) in [6.45, 7) is 0. The quantitative estimate of drug-likeness (QED) is 0.153. The number of fused-ring (bicyclic) bond motifs is 1. The van der Waals surface area contributed by atoms with Crippen molar-refractivity contribution >= 4 is 67.5 Å². The number of nitrogens with one attached hydrogen (secondary N) is 3. The zero-order chi connectivity index (χ0) is 32.9. The first-order chi connectivity index (χ1) is 21.1. The Hall–Kier alpha value is -5.45. The first-order valence-electron chi connectivity index (χ1n) is 12.8. The van der Waals surface area contributed by atoms with E-state index in [9.17, 15) is 26.0 Å². The van der Waals surface area contributed by atoms with E-state index >= 15 is 0 Å². The summed E-state index contributed by atoms with van der Waals surface area (Å²) in [5.74, 6) is -1.36. The molecule has 0 aliphatic rings. The lowest BCUT2D eigenvalue weighted by atomic mass is 10.2. The smallest absolute Gasteiger partial charge is 0.475 e. The highest BCUT2D eigenvalue weighted by atomic mass is 32.2. The maximum atomic E-state index is 13.2. The van der Waals surface area contributed by atoms with E-state index in [1.807, 2.05) is 41.8 Å². The lowest BCUT2D eigenvalue weighted by molar-refractivity contribution is -0.192. The van der Waals surface area contributed by atoms with Crippen molar-refractivity contribution in [3.8, 4) is 0 Å². The molecule has 4 N–H and O–H groups in total. The van der Waals surface area contributed by atoms with Crippen molar-refractivity contribution in [1.29, 1.82) is 0 Å². The average molecular weight is 647 g/mol. The summed E-state index contributed by atoms with van der Waals surface area (Å²) in [5.41, 5.74) is 4.52. The van der Waals surface area contributed by atoms with Crippen LogP contribution in [0.3, 0.4) is 0 Å². The van der Waals surface area contributed by atoms with Crippen LogP contribution >= 0.6 is 0 Å². The number of rotatable bonds is 8. The molecule has 0 aliphatic carbocycles. The molecular formula is C28H26F4N8O4S. The maximum absolute atomic E-state index is 13.2. The number of anilines is 7. The Labute approximate surface area is 254 Å². The maximum Gasteiger partial charge on any atom is 0.490 e. The molecule has 0 amide bonds. The van der Waals surface area contributed by atoms with Crippen molar-refractivity contribution in [2.45, 2.75) is 6.18 Å². The molecule has 0 aliphatic heterocycles. The van der Waals surface area contributed by atoms with Crippen LogP contribution in [-0.2, 0) is 21.9 Å². The average Bonchev–Trinajstić information content (AvgIpc) is 3.28. The van der Waals surface area contributed by atoms with Gasteiger partial charge in [-0.3, -0.25) is 4.72 Å². The second kappa shape index (κ2) is 13.0. The molecule has 0 bridgehead atoms. The summed E-state index contributed by atoms with van der Waals surface area (Å²) in [4.78, 5) is 24.4. The standard InChI is InChI=1S/C26H25FN8O2S.C2HF3O2/c1-34(24-14-15-28-25(32-24)29-18-8-10-20(11-9-18)33-38(3,36)37)21-12-13-23-22(16-21)31-26(35(23)2)30-19-6-4-17(27)5-7-19;3-2(4,5)1(6)7/h4-16,33H,1-3H3,(H,30,31)(H,28,29,32);(H,6,7). The first-order valence-corrected chi connectivity index (χ1v) is 14.7. The number of benzene rings is 3. The van der Waals surface area contributed by atoms with Crippen molar-refractivity contribution in [3.63, 3.8) is 0 Å². The van der Waals surface area contributed by atoms with Crippen LogP contribution < -0.4 is 20.3 Å². The van der Waals surface area contributed by atoms with E-state index in [2.05, 4.69) is 25.3 Å². The number of aryl methyl sites for hydroxylation is 1. The molecule has 0 unspecified atom stereocenters. The Morgan fingerprint density at radius 1 is 0.911 bits per heavy atom. The fraction of sp³-hybridized carbons (Fsp3) is 0.143. The third-order valence-corrected chi connectivity index (χ3v) is 6.63. The number of alkyl halides is 3. The van der Waals surface area contributed by atoms with Gasteiger partial charge in [-0.25, -0.2) is 27.6 Å². The van der Waals surface area contributed by atoms with Gasteiger partial charge in [-0.1, -0.05) is 0 Å². The zero-order valence-electron chi connectivity index (χ0n) is 23.8. The molecule has 0 saturated carbocycles. The van der Waals surface area contributed by atoms with Gasteiger partial charge in [0.15, 0.2) is 0 Å². The number of carbonyl (C=O) groups is 1. The van der Waals surface area contributed by atoms with Crippen LogP contribution in [-0.4, -0.2) is 58.5 Å². The van der Waals surface area contributed by atoms with Crippen molar-refractivity contribution < 1.29 is 35.9 Å². The summed E-state index contributed by atoms with van der Waals surface area (Å²) in [7, 11) is 0.472. The molecule has 2 heterocycles. The van der Waals surface area contributed by atoms with E-state index in [-0.39, 0.29) is 5.82 Å². The summed E-state index contributed by atoms with van der Waals surface area (Å²) in [6, 6.07) is 20.6. The third kappa shape index (κ3) is 8.79. The molecule has 236 valence electrons. The van der Waals surface area contributed by atoms with E-state index in [1.165, 1.54) is 12.1 Å². The minimum Gasteiger partial charge on any atom is -0.475 e. The molecule has 0 saturated heterocycles. The zero-order valence-corrected chi connectivity index (χ0v) is 24.7. The summed E-state index contributed by atoms with van der Waals surface area (Å²) >= 11 is 0. The van der Waals surface area contributed by atoms with E-state index < -0.39 is 22.2 Å². The molecule has 3 aromatic carbocycles. The van der Waals surface area contributed by atoms with E-state index in [4.69, 9.17) is 14.9 Å². The van der Waals surface area contributed by atoms with E-state index in [0.717, 1.165) is 28.7 Å². The molecule has 5 aromatic rings. The fourth-order valence-corrected chi connectivity index (χ4v) is 4.43. The molecule has 0 radical (unpaired) electrons. The van der Waals surface area contributed by atoms with Crippen LogP contribution in [0.4, 0.5) is 58.0 Å². The van der Waals surface area contributed by atoms with Gasteiger partial charge in [0.05, 0.1) is 17.3 Å². The summed E-state index contributed by atoms with van der Waals surface area (Å²) < 4.78 is 72.1. The molecule has 0 spiro atoms. The first kappa shape index (κ1) is 32.5. The van der Waals surface area contributed by atoms with Gasteiger partial charge in [0.2, 0.25) is 21.9 Å². The van der Waals surface area contributed by atoms with Crippen LogP contribution in [0.25, 0.3) is 11.0 Å². The minimum absolute atomic E-state index is 0.295. The third-order valence-electron chi connectivity index (χ3n) is 6.02. The second-order valence-electron chi connectivity index (χ2n) is 9.48. The highest BCUT2D eigenvalue weighted by molar-refractivity contribution is 7.92. The Morgan fingerprint density at radius 3 is 2.09 bits per heavy atom. The summed E-state index contributed by atoms with van der Waals surface area (Å²) in [6.07, 6.45) is -2.32. The predicted molar refractivity (Wildman–Crippen MR) is 162 cm³/mol. The topological polar surface area (TPSA) is 154 Å². The number of hydrogen-bond donors (Lipinski definition) is 4. The molecule has 2 aromatic heterocycles. The fourth-order valence-electron chi connectivity index (χ4n) is 3.86. The number of carboxylic acids is 1. The van der Waals surface area contributed by atoms with Crippen molar-refractivity contribution in [1.82, 2.24) is 19.5 Å². The minimum atomic E-state index is -5.08. The number of sulfonamides is 1. The molecule has 17 heteroatoms. The van der Waals surface area contributed by atoms with Crippen LogP contribution in [0, 0.1) is 5.82 Å². The van der Waals surface area contributed by atoms with Gasteiger partial charge in [-0.2, -0.15) is 18.2 Å². The molecule has 0 atom stereocenters. The van der Waals surface area contributed by atoms with Crippen LogP contribution in [0.1, 0.15) is 0 Å². The Kier molecular flexibility index (Phi) is 9.41. The van der Waals surface area contributed by atoms with Crippen molar-refractivity contribution in [3.05, 3.63) is 84.8 Å². The molecule has 12 nitrogen and oxygen atoms in total. The highest BCUT2D eigenvalue weighted by Crippen LogP contribution is 2.29. The molecule has 5 rings (SSSR count). The van der Waals surface area contributed by atoms with Gasteiger partial charge >= 0.3 is 12.1 Å². The SMILES string of the molecule is CN(c1ccc2c(c1)nc(Nc1ccc(F)cc1)n2C)c1ccnc(Nc2ccc(NS(C)(=O)=O)cc2)n1.O=C(O)C(F)(F)F. The van der Waals surface area contributed by atoms with Crippen LogP contribution in [0.15, 0.2) is 79.0 Å². The van der Waals surface area contributed by atoms with Gasteiger partial charge in [0.1, 0.15) is 11.6 Å². The van der Waals surface area contributed by atoms with Crippen molar-refractivity contribution in [2.75, 3.05) is 33.6 Å². The Bertz CT molecular complexity index is 1920. The van der Waals surface area contributed by atoms with Crippen molar-refractivity contribution in [2.24, 2.45) is 7.05 Å².